The lowest BCUT2D eigenvalue weighted by atomic mass is 10.2. The van der Waals surface area contributed by atoms with Gasteiger partial charge in [0.05, 0.1) is 5.39 Å². The Bertz CT molecular complexity index is 510. The summed E-state index contributed by atoms with van der Waals surface area (Å²) in [6.07, 6.45) is 0.708. The van der Waals surface area contributed by atoms with Gasteiger partial charge >= 0.3 is 0 Å². The molecular formula is C13H16IN2O3-. The van der Waals surface area contributed by atoms with Crippen molar-refractivity contribution in [2.24, 2.45) is 7.05 Å². The summed E-state index contributed by atoms with van der Waals surface area (Å²) in [6.45, 7) is 2.11. The second-order valence-electron chi connectivity index (χ2n) is 3.65. The van der Waals surface area contributed by atoms with E-state index in [0.717, 1.165) is 10.9 Å². The number of amides is 1. The number of nitrogens with one attached hydrogen (secondary N) is 1. The van der Waals surface area contributed by atoms with E-state index in [9.17, 15) is 15.0 Å². The maximum Gasteiger partial charge on any atom is 0.254 e. The van der Waals surface area contributed by atoms with Gasteiger partial charge in [-0.2, -0.15) is 4.57 Å². The highest BCUT2D eigenvalue weighted by Gasteiger charge is 2.07. The van der Waals surface area contributed by atoms with E-state index in [1.807, 2.05) is 47.4 Å². The molecule has 1 aromatic carbocycles. The second-order valence-corrected chi connectivity index (χ2v) is 3.65. The van der Waals surface area contributed by atoms with Crippen molar-refractivity contribution in [3.8, 4) is 5.75 Å². The third kappa shape index (κ3) is 5.29. The van der Waals surface area contributed by atoms with Crippen molar-refractivity contribution in [3.63, 3.8) is 0 Å². The van der Waals surface area contributed by atoms with Crippen LogP contribution in [-0.4, -0.2) is 17.7 Å². The van der Waals surface area contributed by atoms with Gasteiger partial charge in [0.15, 0.2) is 11.9 Å². The molecule has 0 radical (unpaired) electrons. The van der Waals surface area contributed by atoms with E-state index in [-0.39, 0.29) is 24.0 Å². The van der Waals surface area contributed by atoms with Gasteiger partial charge in [0.2, 0.25) is 0 Å². The van der Waals surface area contributed by atoms with E-state index in [1.165, 1.54) is 0 Å². The molecule has 0 spiro atoms. The zero-order valence-electron chi connectivity index (χ0n) is 10.8. The first-order chi connectivity index (χ1) is 8.56. The third-order valence-corrected chi connectivity index (χ3v) is 2.31. The molecule has 6 heteroatoms. The number of nitrogens with zero attached hydrogens (tertiary/aromatic N) is 1. The molecule has 0 aliphatic heterocycles. The van der Waals surface area contributed by atoms with Crippen molar-refractivity contribution in [3.05, 3.63) is 36.5 Å². The Morgan fingerprint density at radius 1 is 1.37 bits per heavy atom. The van der Waals surface area contributed by atoms with Crippen LogP contribution in [-0.2, 0) is 7.05 Å². The first-order valence-corrected chi connectivity index (χ1v) is 5.57. The Morgan fingerprint density at radius 2 is 2.00 bits per heavy atom. The number of rotatable bonds is 1. The molecule has 1 amide bonds. The minimum atomic E-state index is -1.21. The molecule has 0 unspecified atom stereocenters. The SMILES string of the molecule is CCNC(=O)[O-].C[n+]1cccc2cccc(O)c21.[I-]. The molecule has 104 valence electrons. The molecule has 19 heavy (non-hydrogen) atoms. The molecule has 2 N–H and O–H groups in total. The van der Waals surface area contributed by atoms with Crippen molar-refractivity contribution < 1.29 is 43.6 Å². The molecule has 1 heterocycles. The van der Waals surface area contributed by atoms with Gasteiger partial charge in [-0.3, -0.25) is 0 Å². The number of aromatic nitrogens is 1. The van der Waals surface area contributed by atoms with Crippen LogP contribution in [0.3, 0.4) is 0 Å². The Balaban J connectivity index is 0.000000404. The van der Waals surface area contributed by atoms with E-state index >= 15 is 0 Å². The highest BCUT2D eigenvalue weighted by atomic mass is 127. The van der Waals surface area contributed by atoms with E-state index < -0.39 is 6.09 Å². The molecular weight excluding hydrogens is 359 g/mol. The molecule has 0 atom stereocenters. The molecule has 0 aliphatic rings. The lowest BCUT2D eigenvalue weighted by Crippen LogP contribution is -3.00. The molecule has 5 nitrogen and oxygen atoms in total. The summed E-state index contributed by atoms with van der Waals surface area (Å²) in [5, 5.41) is 22.0. The smallest absolute Gasteiger partial charge is 0.254 e. The fourth-order valence-electron chi connectivity index (χ4n) is 1.56. The Morgan fingerprint density at radius 3 is 2.47 bits per heavy atom. The number of phenolic OH excluding ortho intramolecular Hbond substituents is 1. The number of para-hydroxylation sites is 1. The number of hydrogen-bond acceptors (Lipinski definition) is 3. The molecule has 0 aliphatic carbocycles. The number of phenols is 1. The normalized spacial score (nSPS) is 8.95. The molecule has 0 saturated carbocycles. The minimum Gasteiger partial charge on any atom is -1.00 e. The first kappa shape index (κ1) is 17.4. The number of carbonyl (C=O) groups is 1. The quantitative estimate of drug-likeness (QED) is 0.421. The van der Waals surface area contributed by atoms with E-state index in [4.69, 9.17) is 0 Å². The number of carbonyl (C=O) groups excluding carboxylic acids is 1. The lowest BCUT2D eigenvalue weighted by Gasteiger charge is -1.98. The average molecular weight is 375 g/mol. The van der Waals surface area contributed by atoms with Crippen LogP contribution in [0.25, 0.3) is 10.9 Å². The largest absolute Gasteiger partial charge is 1.00 e. The third-order valence-electron chi connectivity index (χ3n) is 2.31. The van der Waals surface area contributed by atoms with Gasteiger partial charge in [-0.15, -0.1) is 0 Å². The maximum absolute atomic E-state index is 9.53. The van der Waals surface area contributed by atoms with Crippen molar-refractivity contribution in [1.82, 2.24) is 5.32 Å². The number of hydrogen-bond donors (Lipinski definition) is 2. The van der Waals surface area contributed by atoms with Crippen molar-refractivity contribution in [2.75, 3.05) is 6.54 Å². The predicted octanol–water partition coefficient (Wildman–Crippen LogP) is -2.69. The summed E-state index contributed by atoms with van der Waals surface area (Å²) in [6, 6.07) is 9.46. The van der Waals surface area contributed by atoms with Gasteiger partial charge in [-0.25, -0.2) is 0 Å². The molecule has 2 aromatic rings. The Hall–Kier alpha value is -1.57. The number of aromatic hydroxyl groups is 1. The number of aryl methyl sites for hydroxylation is 1. The Labute approximate surface area is 128 Å². The summed E-state index contributed by atoms with van der Waals surface area (Å²) >= 11 is 0. The maximum atomic E-state index is 9.53. The summed E-state index contributed by atoms with van der Waals surface area (Å²) in [5.74, 6) is 0.329. The summed E-state index contributed by atoms with van der Waals surface area (Å²) < 4.78 is 1.91. The zero-order chi connectivity index (χ0) is 13.5. The fourth-order valence-corrected chi connectivity index (χ4v) is 1.56. The standard InChI is InChI=1S/C10H9NO.C3H7NO2.HI/c1-11-7-3-5-8-4-2-6-9(12)10(8)11;1-2-4-3(5)6;/h2-7H,1H3;4H,2H2,1H3,(H,5,6);1H/p-1. The van der Waals surface area contributed by atoms with Crippen LogP contribution in [0.15, 0.2) is 36.5 Å². The van der Waals surface area contributed by atoms with Crippen LogP contribution >= 0.6 is 0 Å². The van der Waals surface area contributed by atoms with Gasteiger partial charge in [-0.05, 0) is 25.1 Å². The van der Waals surface area contributed by atoms with Gasteiger partial charge in [0.25, 0.3) is 5.52 Å². The van der Waals surface area contributed by atoms with Crippen molar-refractivity contribution in [2.45, 2.75) is 6.92 Å². The van der Waals surface area contributed by atoms with Crippen molar-refractivity contribution in [1.29, 1.82) is 0 Å². The lowest BCUT2D eigenvalue weighted by molar-refractivity contribution is -0.645. The van der Waals surface area contributed by atoms with E-state index in [0.29, 0.717) is 12.3 Å². The minimum absolute atomic E-state index is 0. The van der Waals surface area contributed by atoms with E-state index in [2.05, 4.69) is 0 Å². The average Bonchev–Trinajstić information content (AvgIpc) is 2.30. The van der Waals surface area contributed by atoms with Crippen LogP contribution in [0, 0.1) is 0 Å². The molecule has 2 rings (SSSR count). The number of halogens is 1. The number of pyridine rings is 1. The van der Waals surface area contributed by atoms with Crippen LogP contribution < -0.4 is 39.0 Å². The highest BCUT2D eigenvalue weighted by molar-refractivity contribution is 5.80. The van der Waals surface area contributed by atoms with E-state index in [1.54, 1.807) is 13.0 Å². The molecule has 0 bridgehead atoms. The second kappa shape index (κ2) is 8.52. The van der Waals surface area contributed by atoms with Gasteiger partial charge in [0, 0.05) is 12.6 Å². The highest BCUT2D eigenvalue weighted by Crippen LogP contribution is 2.19. The predicted molar refractivity (Wildman–Crippen MR) is 65.9 cm³/mol. The van der Waals surface area contributed by atoms with Gasteiger partial charge in [-0.1, -0.05) is 6.07 Å². The molecule has 0 fully saturated rings. The number of fused-ring (bicyclic) bond motifs is 1. The molecule has 1 aromatic heterocycles. The monoisotopic (exact) mass is 375 g/mol. The van der Waals surface area contributed by atoms with Gasteiger partial charge < -0.3 is 44.3 Å². The Kier molecular flexibility index (Phi) is 7.81. The fraction of sp³-hybridized carbons (Fsp3) is 0.231. The molecule has 0 saturated heterocycles. The first-order valence-electron chi connectivity index (χ1n) is 5.57. The number of benzene rings is 1. The summed E-state index contributed by atoms with van der Waals surface area (Å²) in [5.41, 5.74) is 0.875. The summed E-state index contributed by atoms with van der Waals surface area (Å²) in [7, 11) is 1.92. The topological polar surface area (TPSA) is 76.3 Å². The van der Waals surface area contributed by atoms with Crippen LogP contribution in [0.4, 0.5) is 4.79 Å². The van der Waals surface area contributed by atoms with Crippen LogP contribution in [0.2, 0.25) is 0 Å². The van der Waals surface area contributed by atoms with Crippen LogP contribution in [0.1, 0.15) is 6.92 Å². The zero-order valence-corrected chi connectivity index (χ0v) is 12.9. The van der Waals surface area contributed by atoms with Crippen LogP contribution in [0.5, 0.6) is 5.75 Å². The number of carboxylic acid groups (broad SMARTS) is 1. The van der Waals surface area contributed by atoms with Crippen molar-refractivity contribution >= 4 is 17.0 Å². The summed E-state index contributed by atoms with van der Waals surface area (Å²) in [4.78, 5) is 9.38. The van der Waals surface area contributed by atoms with Gasteiger partial charge in [0.1, 0.15) is 13.1 Å².